The zero-order valence-corrected chi connectivity index (χ0v) is 12.3. The fraction of sp³-hybridized carbons (Fsp3) is 0.125. The summed E-state index contributed by atoms with van der Waals surface area (Å²) in [6.45, 7) is 0.449. The summed E-state index contributed by atoms with van der Waals surface area (Å²) in [5, 5.41) is 0. The maximum atomic E-state index is 12.1. The first-order chi connectivity index (χ1) is 10.1. The average molecular weight is 300 g/mol. The van der Waals surface area contributed by atoms with Crippen molar-refractivity contribution in [1.82, 2.24) is 0 Å². The van der Waals surface area contributed by atoms with Crippen LogP contribution in [0.25, 0.3) is 0 Å². The SMILES string of the molecule is C=S1(=O)Cc2cccc(OCc3ccccc3)c2C(N)=N1. The minimum Gasteiger partial charge on any atom is -0.488 e. The molecule has 0 aliphatic carbocycles. The van der Waals surface area contributed by atoms with Crippen LogP contribution in [0, 0.1) is 0 Å². The Morgan fingerprint density at radius 3 is 2.71 bits per heavy atom. The molecule has 1 atom stereocenters. The lowest BCUT2D eigenvalue weighted by atomic mass is 10.1. The van der Waals surface area contributed by atoms with Gasteiger partial charge in [0.1, 0.15) is 18.2 Å². The van der Waals surface area contributed by atoms with E-state index in [1.807, 2.05) is 48.5 Å². The van der Waals surface area contributed by atoms with E-state index in [2.05, 4.69) is 10.3 Å². The molecule has 0 saturated heterocycles. The molecule has 1 unspecified atom stereocenters. The Kier molecular flexibility index (Phi) is 3.43. The molecule has 1 aliphatic rings. The summed E-state index contributed by atoms with van der Waals surface area (Å²) in [4.78, 5) is 0. The van der Waals surface area contributed by atoms with Gasteiger partial charge in [-0.25, -0.2) is 4.21 Å². The second-order valence-corrected chi connectivity index (χ2v) is 6.97. The number of benzene rings is 2. The second kappa shape index (κ2) is 5.26. The van der Waals surface area contributed by atoms with Crippen LogP contribution in [0.1, 0.15) is 16.7 Å². The normalized spacial score (nSPS) is 20.5. The van der Waals surface area contributed by atoms with E-state index < -0.39 is 9.71 Å². The molecule has 1 heterocycles. The number of hydrogen-bond acceptors (Lipinski definition) is 3. The van der Waals surface area contributed by atoms with Gasteiger partial charge in [-0.05, 0) is 23.1 Å². The molecule has 108 valence electrons. The van der Waals surface area contributed by atoms with Gasteiger partial charge in [-0.15, -0.1) is 0 Å². The number of rotatable bonds is 3. The molecule has 0 radical (unpaired) electrons. The molecule has 2 aromatic carbocycles. The monoisotopic (exact) mass is 300 g/mol. The van der Waals surface area contributed by atoms with Crippen LogP contribution in [-0.2, 0) is 22.1 Å². The molecule has 0 spiro atoms. The predicted octanol–water partition coefficient (Wildman–Crippen LogP) is 2.12. The standard InChI is InChI=1S/C16H16N2O2S/c1-21(19)11-13-8-5-9-14(15(13)16(17)18-21)20-10-12-6-3-2-4-7-12/h2-9H,1,10-11H2,(H2,17,18,19). The Balaban J connectivity index is 1.92. The van der Waals surface area contributed by atoms with Crippen LogP contribution in [0.3, 0.4) is 0 Å². The largest absolute Gasteiger partial charge is 0.488 e. The minimum atomic E-state index is -2.52. The lowest BCUT2D eigenvalue weighted by molar-refractivity contribution is 0.305. The highest BCUT2D eigenvalue weighted by Gasteiger charge is 2.21. The van der Waals surface area contributed by atoms with Gasteiger partial charge in [0.25, 0.3) is 0 Å². The number of nitrogens with zero attached hydrogens (tertiary/aromatic N) is 1. The van der Waals surface area contributed by atoms with Crippen LogP contribution in [0.15, 0.2) is 52.9 Å². The van der Waals surface area contributed by atoms with Gasteiger partial charge in [-0.3, -0.25) is 0 Å². The van der Waals surface area contributed by atoms with Crippen LogP contribution in [-0.4, -0.2) is 15.9 Å². The number of fused-ring (bicyclic) bond motifs is 1. The molecule has 4 nitrogen and oxygen atoms in total. The van der Waals surface area contributed by atoms with Gasteiger partial charge in [0.2, 0.25) is 0 Å². The predicted molar refractivity (Wildman–Crippen MR) is 86.9 cm³/mol. The smallest absolute Gasteiger partial charge is 0.144 e. The third-order valence-electron chi connectivity index (χ3n) is 3.25. The molecule has 2 N–H and O–H groups in total. The van der Waals surface area contributed by atoms with Crippen molar-refractivity contribution in [3.05, 3.63) is 65.2 Å². The number of nitrogens with two attached hydrogens (primary N) is 1. The molecule has 0 bridgehead atoms. The Bertz CT molecular complexity index is 796. The highest BCUT2D eigenvalue weighted by molar-refractivity contribution is 7.98. The molecule has 21 heavy (non-hydrogen) atoms. The van der Waals surface area contributed by atoms with Crippen LogP contribution in [0.5, 0.6) is 5.75 Å². The maximum absolute atomic E-state index is 12.1. The van der Waals surface area contributed by atoms with E-state index in [4.69, 9.17) is 10.5 Å². The average Bonchev–Trinajstić information content (AvgIpc) is 2.44. The van der Waals surface area contributed by atoms with E-state index in [0.29, 0.717) is 18.1 Å². The number of amidine groups is 1. The summed E-state index contributed by atoms with van der Waals surface area (Å²) in [7, 11) is -2.52. The van der Waals surface area contributed by atoms with Crippen molar-refractivity contribution in [3.63, 3.8) is 0 Å². The van der Waals surface area contributed by atoms with Crippen LogP contribution < -0.4 is 10.5 Å². The fourth-order valence-electron chi connectivity index (χ4n) is 2.34. The van der Waals surface area contributed by atoms with Crippen LogP contribution in [0.4, 0.5) is 0 Å². The lowest BCUT2D eigenvalue weighted by Crippen LogP contribution is -2.24. The first-order valence-corrected chi connectivity index (χ1v) is 8.40. The molecule has 0 aromatic heterocycles. The fourth-order valence-corrected chi connectivity index (χ4v) is 3.58. The topological polar surface area (TPSA) is 64.7 Å². The first kappa shape index (κ1) is 13.7. The minimum absolute atomic E-state index is 0.236. The summed E-state index contributed by atoms with van der Waals surface area (Å²) in [6.07, 6.45) is 0. The third kappa shape index (κ3) is 2.92. The molecule has 0 amide bonds. The maximum Gasteiger partial charge on any atom is 0.144 e. The van der Waals surface area contributed by atoms with Gasteiger partial charge >= 0.3 is 0 Å². The van der Waals surface area contributed by atoms with E-state index in [0.717, 1.165) is 16.7 Å². The van der Waals surface area contributed by atoms with E-state index in [9.17, 15) is 4.21 Å². The van der Waals surface area contributed by atoms with Gasteiger partial charge < -0.3 is 10.5 Å². The first-order valence-electron chi connectivity index (χ1n) is 6.54. The third-order valence-corrected chi connectivity index (χ3v) is 4.54. The van der Waals surface area contributed by atoms with Crippen molar-refractivity contribution in [3.8, 4) is 5.75 Å². The van der Waals surface area contributed by atoms with Crippen molar-refractivity contribution in [2.45, 2.75) is 12.4 Å². The van der Waals surface area contributed by atoms with E-state index >= 15 is 0 Å². The quantitative estimate of drug-likeness (QED) is 0.883. The molecule has 1 aliphatic heterocycles. The number of ether oxygens (including phenoxy) is 1. The van der Waals surface area contributed by atoms with E-state index in [1.54, 1.807) is 0 Å². The van der Waals surface area contributed by atoms with Crippen LogP contribution >= 0.6 is 0 Å². The van der Waals surface area contributed by atoms with Gasteiger partial charge in [0.15, 0.2) is 0 Å². The van der Waals surface area contributed by atoms with Gasteiger partial charge in [-0.1, -0.05) is 42.5 Å². The number of hydrogen-bond donors (Lipinski definition) is 1. The molecular weight excluding hydrogens is 284 g/mol. The van der Waals surface area contributed by atoms with Crippen LogP contribution in [0.2, 0.25) is 0 Å². The van der Waals surface area contributed by atoms with Crippen molar-refractivity contribution < 1.29 is 8.95 Å². The highest BCUT2D eigenvalue weighted by Crippen LogP contribution is 2.28. The highest BCUT2D eigenvalue weighted by atomic mass is 32.2. The zero-order chi connectivity index (χ0) is 14.9. The van der Waals surface area contributed by atoms with E-state index in [1.165, 1.54) is 0 Å². The zero-order valence-electron chi connectivity index (χ0n) is 11.5. The van der Waals surface area contributed by atoms with Crippen molar-refractivity contribution in [1.29, 1.82) is 0 Å². The molecule has 0 saturated carbocycles. The molecular formula is C16H16N2O2S. The molecule has 2 aromatic rings. The molecule has 0 fully saturated rings. The second-order valence-electron chi connectivity index (χ2n) is 4.96. The summed E-state index contributed by atoms with van der Waals surface area (Å²) >= 11 is 0. The summed E-state index contributed by atoms with van der Waals surface area (Å²) in [6, 6.07) is 15.5. The lowest BCUT2D eigenvalue weighted by Gasteiger charge is -2.20. The summed E-state index contributed by atoms with van der Waals surface area (Å²) in [5.74, 6) is 4.81. The van der Waals surface area contributed by atoms with Crippen molar-refractivity contribution >= 4 is 21.4 Å². The Labute approximate surface area is 124 Å². The summed E-state index contributed by atoms with van der Waals surface area (Å²) in [5.41, 5.74) is 8.62. The van der Waals surface area contributed by atoms with Gasteiger partial charge in [-0.2, -0.15) is 4.40 Å². The Morgan fingerprint density at radius 1 is 1.19 bits per heavy atom. The van der Waals surface area contributed by atoms with Gasteiger partial charge in [0, 0.05) is 0 Å². The molecule has 5 heteroatoms. The van der Waals surface area contributed by atoms with Gasteiger partial charge in [0.05, 0.1) is 21.0 Å². The van der Waals surface area contributed by atoms with Crippen molar-refractivity contribution in [2.24, 2.45) is 10.1 Å². The van der Waals surface area contributed by atoms with Crippen molar-refractivity contribution in [2.75, 3.05) is 0 Å². The summed E-state index contributed by atoms with van der Waals surface area (Å²) < 4.78 is 21.9. The molecule has 3 rings (SSSR count). The Morgan fingerprint density at radius 2 is 1.95 bits per heavy atom. The van der Waals surface area contributed by atoms with E-state index in [-0.39, 0.29) is 5.84 Å². The Hall–Kier alpha value is -2.27.